The first-order chi connectivity index (χ1) is 8.69. The SMILES string of the molecule is COC(=O)CC(C)SCc1ccc2c(c1)OCO2. The minimum Gasteiger partial charge on any atom is -0.469 e. The molecule has 4 nitrogen and oxygen atoms in total. The summed E-state index contributed by atoms with van der Waals surface area (Å²) in [5, 5.41) is 0.239. The molecule has 0 spiro atoms. The Hall–Kier alpha value is -1.36. The Balaban J connectivity index is 1.85. The topological polar surface area (TPSA) is 44.8 Å². The van der Waals surface area contributed by atoms with Gasteiger partial charge in [-0.2, -0.15) is 11.8 Å². The molecule has 98 valence electrons. The number of rotatable bonds is 5. The van der Waals surface area contributed by atoms with Crippen LogP contribution in [0.3, 0.4) is 0 Å². The first-order valence-electron chi connectivity index (χ1n) is 5.76. The number of carbonyl (C=O) groups is 1. The van der Waals surface area contributed by atoms with Crippen molar-refractivity contribution in [1.82, 2.24) is 0 Å². The fourth-order valence-electron chi connectivity index (χ4n) is 1.65. The molecule has 0 fully saturated rings. The summed E-state index contributed by atoms with van der Waals surface area (Å²) < 4.78 is 15.2. The molecule has 1 atom stereocenters. The zero-order chi connectivity index (χ0) is 13.0. The lowest BCUT2D eigenvalue weighted by Gasteiger charge is -2.10. The van der Waals surface area contributed by atoms with Crippen molar-refractivity contribution in [1.29, 1.82) is 0 Å². The highest BCUT2D eigenvalue weighted by Crippen LogP contribution is 2.34. The molecule has 0 radical (unpaired) electrons. The molecular weight excluding hydrogens is 252 g/mol. The molecule has 1 aliphatic rings. The Morgan fingerprint density at radius 1 is 1.44 bits per heavy atom. The van der Waals surface area contributed by atoms with Gasteiger partial charge in [-0.25, -0.2) is 0 Å². The molecule has 0 amide bonds. The van der Waals surface area contributed by atoms with Crippen molar-refractivity contribution >= 4 is 17.7 Å². The van der Waals surface area contributed by atoms with Crippen molar-refractivity contribution in [2.24, 2.45) is 0 Å². The maximum atomic E-state index is 11.1. The lowest BCUT2D eigenvalue weighted by atomic mass is 10.2. The van der Waals surface area contributed by atoms with Crippen LogP contribution in [0.15, 0.2) is 18.2 Å². The van der Waals surface area contributed by atoms with E-state index in [2.05, 4.69) is 4.74 Å². The van der Waals surface area contributed by atoms with Gasteiger partial charge in [-0.1, -0.05) is 13.0 Å². The van der Waals surface area contributed by atoms with Gasteiger partial charge in [-0.3, -0.25) is 4.79 Å². The van der Waals surface area contributed by atoms with Gasteiger partial charge in [0.1, 0.15) is 0 Å². The Labute approximate surface area is 111 Å². The summed E-state index contributed by atoms with van der Waals surface area (Å²) in [5.41, 5.74) is 1.17. The highest BCUT2D eigenvalue weighted by molar-refractivity contribution is 7.99. The van der Waals surface area contributed by atoms with E-state index in [-0.39, 0.29) is 11.2 Å². The smallest absolute Gasteiger partial charge is 0.306 e. The lowest BCUT2D eigenvalue weighted by molar-refractivity contribution is -0.140. The summed E-state index contributed by atoms with van der Waals surface area (Å²) in [7, 11) is 1.41. The zero-order valence-electron chi connectivity index (χ0n) is 10.5. The molecule has 2 rings (SSSR count). The fourth-order valence-corrected chi connectivity index (χ4v) is 2.56. The van der Waals surface area contributed by atoms with E-state index in [0.29, 0.717) is 13.2 Å². The molecule has 1 aromatic rings. The molecular formula is C13H16O4S. The summed E-state index contributed by atoms with van der Waals surface area (Å²) in [6.07, 6.45) is 0.436. The predicted molar refractivity (Wildman–Crippen MR) is 70.0 cm³/mol. The Bertz CT molecular complexity index is 433. The predicted octanol–water partition coefficient (Wildman–Crippen LogP) is 2.60. The molecule has 5 heteroatoms. The van der Waals surface area contributed by atoms with Crippen LogP contribution in [0.4, 0.5) is 0 Å². The van der Waals surface area contributed by atoms with Gasteiger partial charge in [-0.15, -0.1) is 0 Å². The second kappa shape index (κ2) is 6.00. The molecule has 18 heavy (non-hydrogen) atoms. The van der Waals surface area contributed by atoms with Crippen LogP contribution in [0, 0.1) is 0 Å². The number of esters is 1. The van der Waals surface area contributed by atoms with Crippen molar-refractivity contribution in [3.63, 3.8) is 0 Å². The highest BCUT2D eigenvalue weighted by atomic mass is 32.2. The van der Waals surface area contributed by atoms with Crippen molar-refractivity contribution in [2.75, 3.05) is 13.9 Å². The Kier molecular flexibility index (Phi) is 4.36. The molecule has 1 unspecified atom stereocenters. The maximum absolute atomic E-state index is 11.1. The van der Waals surface area contributed by atoms with Crippen molar-refractivity contribution in [3.8, 4) is 11.5 Å². The van der Waals surface area contributed by atoms with Crippen LogP contribution in [0.2, 0.25) is 0 Å². The number of hydrogen-bond donors (Lipinski definition) is 0. The van der Waals surface area contributed by atoms with E-state index in [0.717, 1.165) is 17.3 Å². The van der Waals surface area contributed by atoms with Crippen molar-refractivity contribution < 1.29 is 19.0 Å². The summed E-state index contributed by atoms with van der Waals surface area (Å²) in [4.78, 5) is 11.1. The van der Waals surface area contributed by atoms with Crippen LogP contribution in [0.25, 0.3) is 0 Å². The number of hydrogen-bond acceptors (Lipinski definition) is 5. The van der Waals surface area contributed by atoms with Crippen LogP contribution in [-0.2, 0) is 15.3 Å². The van der Waals surface area contributed by atoms with Crippen LogP contribution in [-0.4, -0.2) is 25.1 Å². The highest BCUT2D eigenvalue weighted by Gasteiger charge is 2.14. The second-order valence-corrected chi connectivity index (χ2v) is 5.52. The maximum Gasteiger partial charge on any atom is 0.306 e. The minimum atomic E-state index is -0.166. The van der Waals surface area contributed by atoms with Crippen LogP contribution < -0.4 is 9.47 Å². The summed E-state index contributed by atoms with van der Waals surface area (Å²) in [6.45, 7) is 2.32. The van der Waals surface area contributed by atoms with E-state index in [4.69, 9.17) is 9.47 Å². The first-order valence-corrected chi connectivity index (χ1v) is 6.81. The Morgan fingerprint density at radius 3 is 3.00 bits per heavy atom. The van der Waals surface area contributed by atoms with Gasteiger partial charge in [0.05, 0.1) is 13.5 Å². The minimum absolute atomic E-state index is 0.166. The largest absolute Gasteiger partial charge is 0.469 e. The molecule has 0 saturated carbocycles. The van der Waals surface area contributed by atoms with Crippen molar-refractivity contribution in [3.05, 3.63) is 23.8 Å². The molecule has 1 aromatic carbocycles. The average molecular weight is 268 g/mol. The molecule has 0 bridgehead atoms. The van der Waals surface area contributed by atoms with E-state index >= 15 is 0 Å². The molecule has 1 heterocycles. The van der Waals surface area contributed by atoms with Gasteiger partial charge < -0.3 is 14.2 Å². The van der Waals surface area contributed by atoms with E-state index in [9.17, 15) is 4.79 Å². The third-order valence-electron chi connectivity index (χ3n) is 2.65. The molecule has 0 saturated heterocycles. The quantitative estimate of drug-likeness (QED) is 0.768. The molecule has 1 aliphatic heterocycles. The molecule has 0 aliphatic carbocycles. The van der Waals surface area contributed by atoms with Gasteiger partial charge in [0, 0.05) is 11.0 Å². The number of methoxy groups -OCH3 is 1. The van der Waals surface area contributed by atoms with E-state index in [1.165, 1.54) is 12.7 Å². The van der Waals surface area contributed by atoms with Gasteiger partial charge in [-0.05, 0) is 17.7 Å². The lowest BCUT2D eigenvalue weighted by Crippen LogP contribution is -2.08. The van der Waals surface area contributed by atoms with E-state index in [1.807, 2.05) is 25.1 Å². The van der Waals surface area contributed by atoms with E-state index < -0.39 is 0 Å². The first kappa shape index (κ1) is 13.1. The van der Waals surface area contributed by atoms with Crippen LogP contribution in [0.5, 0.6) is 11.5 Å². The number of benzene rings is 1. The van der Waals surface area contributed by atoms with Crippen molar-refractivity contribution in [2.45, 2.75) is 24.3 Å². The van der Waals surface area contributed by atoms with Gasteiger partial charge in [0.2, 0.25) is 6.79 Å². The fraction of sp³-hybridized carbons (Fsp3) is 0.462. The number of carbonyl (C=O) groups excluding carboxylic acids is 1. The molecule has 0 N–H and O–H groups in total. The zero-order valence-corrected chi connectivity index (χ0v) is 11.3. The Morgan fingerprint density at radius 2 is 2.22 bits per heavy atom. The number of ether oxygens (including phenoxy) is 3. The van der Waals surface area contributed by atoms with Gasteiger partial charge in [0.25, 0.3) is 0 Å². The number of fused-ring (bicyclic) bond motifs is 1. The summed E-state index contributed by atoms with van der Waals surface area (Å²) >= 11 is 1.72. The normalized spacial score (nSPS) is 14.3. The number of thioether (sulfide) groups is 1. The third-order valence-corrected chi connectivity index (χ3v) is 3.89. The van der Waals surface area contributed by atoms with Gasteiger partial charge in [0.15, 0.2) is 11.5 Å². The summed E-state index contributed by atoms with van der Waals surface area (Å²) in [6, 6.07) is 5.93. The standard InChI is InChI=1S/C13H16O4S/c1-9(5-13(14)15-2)18-7-10-3-4-11-12(6-10)17-8-16-11/h3-4,6,9H,5,7-8H2,1-2H3. The average Bonchev–Trinajstić information content (AvgIpc) is 2.83. The second-order valence-electron chi connectivity index (χ2n) is 4.09. The van der Waals surface area contributed by atoms with Crippen LogP contribution in [0.1, 0.15) is 18.9 Å². The summed E-state index contributed by atoms with van der Waals surface area (Å²) in [5.74, 6) is 2.27. The van der Waals surface area contributed by atoms with Crippen LogP contribution >= 0.6 is 11.8 Å². The molecule has 0 aromatic heterocycles. The monoisotopic (exact) mass is 268 g/mol. The van der Waals surface area contributed by atoms with E-state index in [1.54, 1.807) is 11.8 Å². The van der Waals surface area contributed by atoms with Gasteiger partial charge >= 0.3 is 5.97 Å². The third kappa shape index (κ3) is 3.32.